The number of aromatic nitrogens is 2. The highest BCUT2D eigenvalue weighted by Crippen LogP contribution is 1.95. The zero-order chi connectivity index (χ0) is 8.43. The van der Waals surface area contributed by atoms with Gasteiger partial charge in [-0.1, -0.05) is 0 Å². The van der Waals surface area contributed by atoms with Gasteiger partial charge in [0.05, 0.1) is 6.07 Å². The first-order chi connectivity index (χ1) is 5.09. The fourth-order valence-electron chi connectivity index (χ4n) is 0.541. The molecule has 0 bridgehead atoms. The molecule has 1 rings (SSSR count). The third-order valence-electron chi connectivity index (χ3n) is 0.921. The second-order valence-corrected chi connectivity index (χ2v) is 1.74. The van der Waals surface area contributed by atoms with E-state index in [-0.39, 0.29) is 0 Å². The lowest BCUT2D eigenvalue weighted by atomic mass is 10.5. The molecule has 0 aliphatic carbocycles. The van der Waals surface area contributed by atoms with Gasteiger partial charge in [0.25, 0.3) is 5.56 Å². The van der Waals surface area contributed by atoms with Crippen LogP contribution in [0.4, 0.5) is 0 Å². The molecule has 58 valence electrons. The Kier molecular flexibility index (Phi) is 1.59. The first-order valence-corrected chi connectivity index (χ1v) is 2.61. The fourth-order valence-corrected chi connectivity index (χ4v) is 0.541. The van der Waals surface area contributed by atoms with Crippen molar-refractivity contribution in [3.05, 3.63) is 22.2 Å². The van der Waals surface area contributed by atoms with Crippen molar-refractivity contribution in [1.29, 1.82) is 0 Å². The molecular formula is C5H3N2O4-. The highest BCUT2D eigenvalue weighted by Gasteiger charge is 1.98. The summed E-state index contributed by atoms with van der Waals surface area (Å²) in [6, 6.07) is 0.756. The summed E-state index contributed by atoms with van der Waals surface area (Å²) in [6.45, 7) is 0. The molecule has 0 amide bonds. The number of aromatic hydroxyl groups is 1. The second kappa shape index (κ2) is 2.41. The molecule has 0 aromatic carbocycles. The van der Waals surface area contributed by atoms with Gasteiger partial charge in [-0.15, -0.1) is 0 Å². The fraction of sp³-hybridized carbons (Fsp3) is 0. The van der Waals surface area contributed by atoms with E-state index in [1.165, 1.54) is 0 Å². The van der Waals surface area contributed by atoms with Crippen LogP contribution in [-0.4, -0.2) is 21.0 Å². The van der Waals surface area contributed by atoms with Crippen LogP contribution in [0.15, 0.2) is 10.9 Å². The van der Waals surface area contributed by atoms with Crippen LogP contribution in [0.5, 0.6) is 5.88 Å². The zero-order valence-electron chi connectivity index (χ0n) is 5.20. The smallest absolute Gasteiger partial charge is 0.254 e. The van der Waals surface area contributed by atoms with E-state index in [1.807, 2.05) is 4.98 Å². The van der Waals surface area contributed by atoms with Gasteiger partial charge >= 0.3 is 0 Å². The Morgan fingerprint density at radius 1 is 1.73 bits per heavy atom. The number of carboxylic acid groups (broad SMARTS) is 1. The van der Waals surface area contributed by atoms with Gasteiger partial charge in [0.2, 0.25) is 5.88 Å². The van der Waals surface area contributed by atoms with E-state index in [0.29, 0.717) is 0 Å². The van der Waals surface area contributed by atoms with E-state index < -0.39 is 23.2 Å². The van der Waals surface area contributed by atoms with E-state index in [0.717, 1.165) is 6.07 Å². The predicted molar refractivity (Wildman–Crippen MR) is 30.9 cm³/mol. The van der Waals surface area contributed by atoms with Gasteiger partial charge in [0.1, 0.15) is 5.97 Å². The molecule has 0 aliphatic rings. The number of carbonyl (C=O) groups is 1. The van der Waals surface area contributed by atoms with Gasteiger partial charge in [0.15, 0.2) is 5.82 Å². The molecule has 0 aliphatic heterocycles. The van der Waals surface area contributed by atoms with Crippen LogP contribution in [0.3, 0.4) is 0 Å². The Morgan fingerprint density at radius 2 is 2.36 bits per heavy atom. The number of H-pyrrole nitrogens is 1. The number of rotatable bonds is 1. The number of hydrogen-bond donors (Lipinski definition) is 2. The van der Waals surface area contributed by atoms with Gasteiger partial charge in [-0.3, -0.25) is 4.79 Å². The van der Waals surface area contributed by atoms with Crippen molar-refractivity contribution in [2.75, 3.05) is 0 Å². The highest BCUT2D eigenvalue weighted by atomic mass is 16.4. The molecule has 1 aromatic rings. The summed E-state index contributed by atoms with van der Waals surface area (Å²) < 4.78 is 0. The van der Waals surface area contributed by atoms with Gasteiger partial charge in [0, 0.05) is 0 Å². The first-order valence-electron chi connectivity index (χ1n) is 2.61. The molecule has 0 fully saturated rings. The Balaban J connectivity index is 3.30. The van der Waals surface area contributed by atoms with Crippen LogP contribution in [0, 0.1) is 0 Å². The predicted octanol–water partition coefficient (Wildman–Crippen LogP) is -2.16. The molecule has 6 nitrogen and oxygen atoms in total. The maximum Gasteiger partial charge on any atom is 0.254 e. The minimum absolute atomic E-state index is 0.645. The van der Waals surface area contributed by atoms with E-state index in [9.17, 15) is 14.7 Å². The number of hydrogen-bond acceptors (Lipinski definition) is 5. The summed E-state index contributed by atoms with van der Waals surface area (Å²) in [6.07, 6.45) is 0. The molecule has 0 saturated heterocycles. The van der Waals surface area contributed by atoms with Crippen LogP contribution < -0.4 is 10.7 Å². The average molecular weight is 155 g/mol. The van der Waals surface area contributed by atoms with Crippen LogP contribution in [0.25, 0.3) is 0 Å². The normalized spacial score (nSPS) is 9.45. The van der Waals surface area contributed by atoms with Crippen molar-refractivity contribution in [2.45, 2.75) is 0 Å². The largest absolute Gasteiger partial charge is 0.542 e. The average Bonchev–Trinajstić information content (AvgIpc) is 1.85. The van der Waals surface area contributed by atoms with Gasteiger partial charge in [-0.2, -0.15) is 4.98 Å². The van der Waals surface area contributed by atoms with Crippen molar-refractivity contribution >= 4 is 5.97 Å². The van der Waals surface area contributed by atoms with E-state index in [1.54, 1.807) is 0 Å². The SMILES string of the molecule is O=C([O-])c1nc(O)cc(=O)[nH]1. The zero-order valence-corrected chi connectivity index (χ0v) is 5.20. The van der Waals surface area contributed by atoms with E-state index in [4.69, 9.17) is 5.11 Å². The molecule has 6 heteroatoms. The van der Waals surface area contributed by atoms with Crippen LogP contribution in [0.1, 0.15) is 10.6 Å². The summed E-state index contributed by atoms with van der Waals surface area (Å²) in [5.41, 5.74) is -0.739. The van der Waals surface area contributed by atoms with Crippen LogP contribution >= 0.6 is 0 Å². The quantitative estimate of drug-likeness (QED) is 0.480. The standard InChI is InChI=1S/C5H4N2O4/c8-2-1-3(9)7-4(6-2)5(10)11/h1H,(H,10,11)(H2,6,7,8,9)/p-1. The molecule has 0 spiro atoms. The Labute approximate surface area is 60.1 Å². The number of aromatic amines is 1. The maximum absolute atomic E-state index is 10.5. The minimum atomic E-state index is -1.64. The number of nitrogens with one attached hydrogen (secondary N) is 1. The maximum atomic E-state index is 10.5. The lowest BCUT2D eigenvalue weighted by Crippen LogP contribution is -2.27. The van der Waals surface area contributed by atoms with Crippen molar-refractivity contribution in [3.8, 4) is 5.88 Å². The van der Waals surface area contributed by atoms with E-state index >= 15 is 0 Å². The number of carbonyl (C=O) groups excluding carboxylic acids is 1. The van der Waals surface area contributed by atoms with Crippen molar-refractivity contribution < 1.29 is 15.0 Å². The molecule has 11 heavy (non-hydrogen) atoms. The Bertz CT molecular complexity index is 343. The molecule has 0 saturated carbocycles. The van der Waals surface area contributed by atoms with Gasteiger partial charge in [-0.25, -0.2) is 0 Å². The van der Waals surface area contributed by atoms with Crippen molar-refractivity contribution in [3.63, 3.8) is 0 Å². The number of carboxylic acids is 1. The summed E-state index contributed by atoms with van der Waals surface area (Å²) in [4.78, 5) is 25.4. The van der Waals surface area contributed by atoms with Gasteiger partial charge < -0.3 is 20.0 Å². The Morgan fingerprint density at radius 3 is 2.82 bits per heavy atom. The number of aromatic carboxylic acids is 1. The second-order valence-electron chi connectivity index (χ2n) is 1.74. The van der Waals surface area contributed by atoms with Crippen LogP contribution in [-0.2, 0) is 0 Å². The summed E-state index contributed by atoms with van der Waals surface area (Å²) in [5, 5.41) is 18.7. The lowest BCUT2D eigenvalue weighted by molar-refractivity contribution is -0.256. The highest BCUT2D eigenvalue weighted by molar-refractivity contribution is 5.80. The first kappa shape index (κ1) is 7.26. The molecule has 1 heterocycles. The summed E-state index contributed by atoms with van der Waals surface area (Å²) in [7, 11) is 0. The summed E-state index contributed by atoms with van der Waals surface area (Å²) in [5.74, 6) is -2.97. The third kappa shape index (κ3) is 1.54. The molecular weight excluding hydrogens is 152 g/mol. The molecule has 2 N–H and O–H groups in total. The minimum Gasteiger partial charge on any atom is -0.542 e. The molecule has 1 aromatic heterocycles. The van der Waals surface area contributed by atoms with E-state index in [2.05, 4.69) is 4.98 Å². The Hall–Kier alpha value is -1.85. The molecule has 0 radical (unpaired) electrons. The third-order valence-corrected chi connectivity index (χ3v) is 0.921. The van der Waals surface area contributed by atoms with Crippen LogP contribution in [0.2, 0.25) is 0 Å². The van der Waals surface area contributed by atoms with Crippen molar-refractivity contribution in [1.82, 2.24) is 9.97 Å². The number of nitrogens with zero attached hydrogens (tertiary/aromatic N) is 1. The molecule has 0 unspecified atom stereocenters. The summed E-state index contributed by atoms with van der Waals surface area (Å²) >= 11 is 0. The lowest BCUT2D eigenvalue weighted by Gasteiger charge is -1.99. The van der Waals surface area contributed by atoms with Crippen molar-refractivity contribution in [2.24, 2.45) is 0 Å². The topological polar surface area (TPSA) is 106 Å². The van der Waals surface area contributed by atoms with Gasteiger partial charge in [-0.05, 0) is 0 Å². The monoisotopic (exact) mass is 155 g/mol. The molecule has 0 atom stereocenters.